The molecular formula is C19H17ClF3N3O2. The summed E-state index contributed by atoms with van der Waals surface area (Å²) < 4.78 is 40.0. The van der Waals surface area contributed by atoms with Crippen molar-refractivity contribution in [2.75, 3.05) is 38.0 Å². The van der Waals surface area contributed by atoms with Crippen molar-refractivity contribution in [1.29, 1.82) is 0 Å². The quantitative estimate of drug-likeness (QED) is 0.841. The van der Waals surface area contributed by atoms with Crippen LogP contribution in [0.25, 0.3) is 0 Å². The maximum atomic E-state index is 13.9. The van der Waals surface area contributed by atoms with E-state index >= 15 is 0 Å². The number of carbonyl (C=O) groups is 2. The highest BCUT2D eigenvalue weighted by Crippen LogP contribution is 2.18. The van der Waals surface area contributed by atoms with Crippen LogP contribution < -0.4 is 5.32 Å². The molecule has 1 N–H and O–H groups in total. The normalized spacial score (nSPS) is 14.8. The molecule has 1 aliphatic heterocycles. The van der Waals surface area contributed by atoms with Gasteiger partial charge in [0.1, 0.15) is 5.82 Å². The van der Waals surface area contributed by atoms with Gasteiger partial charge in [-0.15, -0.1) is 0 Å². The van der Waals surface area contributed by atoms with Crippen LogP contribution in [0.5, 0.6) is 0 Å². The molecule has 0 unspecified atom stereocenters. The first-order valence-electron chi connectivity index (χ1n) is 8.55. The van der Waals surface area contributed by atoms with Crippen LogP contribution in [-0.2, 0) is 4.79 Å². The largest absolute Gasteiger partial charge is 0.336 e. The zero-order valence-electron chi connectivity index (χ0n) is 14.7. The number of anilines is 1. The van der Waals surface area contributed by atoms with E-state index in [0.29, 0.717) is 26.2 Å². The van der Waals surface area contributed by atoms with Gasteiger partial charge in [-0.3, -0.25) is 14.5 Å². The summed E-state index contributed by atoms with van der Waals surface area (Å²) in [6.07, 6.45) is 0. The van der Waals surface area contributed by atoms with Gasteiger partial charge in [0.05, 0.1) is 12.1 Å². The lowest BCUT2D eigenvalue weighted by Crippen LogP contribution is -2.50. The van der Waals surface area contributed by atoms with Gasteiger partial charge < -0.3 is 10.2 Å². The summed E-state index contributed by atoms with van der Waals surface area (Å²) in [7, 11) is 0. The van der Waals surface area contributed by atoms with Gasteiger partial charge in [0, 0.05) is 43.0 Å². The fraction of sp³-hybridized carbons (Fsp3) is 0.263. The molecule has 1 heterocycles. The second-order valence-corrected chi connectivity index (χ2v) is 6.81. The summed E-state index contributed by atoms with van der Waals surface area (Å²) >= 11 is 5.83. The van der Waals surface area contributed by atoms with E-state index in [1.807, 2.05) is 4.90 Å². The third-order valence-corrected chi connectivity index (χ3v) is 4.62. The second-order valence-electron chi connectivity index (χ2n) is 6.37. The number of nitrogens with zero attached hydrogens (tertiary/aromatic N) is 2. The molecule has 0 spiro atoms. The van der Waals surface area contributed by atoms with Crippen molar-refractivity contribution in [1.82, 2.24) is 9.80 Å². The minimum atomic E-state index is -1.04. The Morgan fingerprint density at radius 3 is 2.29 bits per heavy atom. The molecule has 0 bridgehead atoms. The highest BCUT2D eigenvalue weighted by Gasteiger charge is 2.25. The SMILES string of the molecule is O=C(CN1CCN(C(=O)c2cc(Cl)ccc2F)CC1)Nc1ccc(F)c(F)c1. The van der Waals surface area contributed by atoms with E-state index in [4.69, 9.17) is 11.6 Å². The predicted molar refractivity (Wildman–Crippen MR) is 98.7 cm³/mol. The summed E-state index contributed by atoms with van der Waals surface area (Å²) in [5.41, 5.74) is 0.0752. The third kappa shape index (κ3) is 4.82. The third-order valence-electron chi connectivity index (χ3n) is 4.39. The molecule has 148 valence electrons. The van der Waals surface area contributed by atoms with Crippen LogP contribution in [0.4, 0.5) is 18.9 Å². The van der Waals surface area contributed by atoms with Gasteiger partial charge in [-0.05, 0) is 30.3 Å². The minimum absolute atomic E-state index is 0.0343. The van der Waals surface area contributed by atoms with E-state index in [1.54, 1.807) is 0 Å². The van der Waals surface area contributed by atoms with Crippen molar-refractivity contribution in [3.05, 3.63) is 64.4 Å². The standard InChI is InChI=1S/C19H17ClF3N3O2/c20-12-1-3-15(21)14(9-12)19(28)26-7-5-25(6-8-26)11-18(27)24-13-2-4-16(22)17(23)10-13/h1-4,9-10H,5-8,11H2,(H,24,27). The molecule has 0 aliphatic carbocycles. The fourth-order valence-electron chi connectivity index (χ4n) is 2.92. The molecule has 2 aromatic carbocycles. The molecule has 3 rings (SSSR count). The number of hydrogen-bond donors (Lipinski definition) is 1. The fourth-order valence-corrected chi connectivity index (χ4v) is 3.09. The number of amides is 2. The molecule has 0 aromatic heterocycles. The van der Waals surface area contributed by atoms with Gasteiger partial charge in [-0.25, -0.2) is 13.2 Å². The molecule has 0 atom stereocenters. The summed E-state index contributed by atoms with van der Waals surface area (Å²) in [5, 5.41) is 2.77. The van der Waals surface area contributed by atoms with Crippen molar-refractivity contribution in [2.45, 2.75) is 0 Å². The highest BCUT2D eigenvalue weighted by atomic mass is 35.5. The van der Waals surface area contributed by atoms with Crippen LogP contribution in [0.1, 0.15) is 10.4 Å². The summed E-state index contributed by atoms with van der Waals surface area (Å²) in [4.78, 5) is 27.9. The van der Waals surface area contributed by atoms with Crippen LogP contribution in [0.15, 0.2) is 36.4 Å². The van der Waals surface area contributed by atoms with Crippen molar-refractivity contribution in [3.8, 4) is 0 Å². The van der Waals surface area contributed by atoms with E-state index in [1.165, 1.54) is 23.1 Å². The molecule has 28 heavy (non-hydrogen) atoms. The predicted octanol–water partition coefficient (Wildman–Crippen LogP) is 3.15. The number of rotatable bonds is 4. The zero-order valence-corrected chi connectivity index (χ0v) is 15.5. The van der Waals surface area contributed by atoms with Gasteiger partial charge in [0.15, 0.2) is 11.6 Å². The summed E-state index contributed by atoms with van der Waals surface area (Å²) in [6.45, 7) is 1.51. The van der Waals surface area contributed by atoms with Crippen LogP contribution in [0, 0.1) is 17.5 Å². The van der Waals surface area contributed by atoms with Crippen molar-refractivity contribution < 1.29 is 22.8 Å². The topological polar surface area (TPSA) is 52.7 Å². The van der Waals surface area contributed by atoms with Gasteiger partial charge in [-0.1, -0.05) is 11.6 Å². The Hall–Kier alpha value is -2.58. The first kappa shape index (κ1) is 20.2. The molecule has 1 saturated heterocycles. The molecule has 1 fully saturated rings. The van der Waals surface area contributed by atoms with E-state index in [2.05, 4.69) is 5.32 Å². The first-order chi connectivity index (χ1) is 13.3. The minimum Gasteiger partial charge on any atom is -0.336 e. The molecule has 5 nitrogen and oxygen atoms in total. The number of piperazine rings is 1. The van der Waals surface area contributed by atoms with E-state index in [0.717, 1.165) is 18.2 Å². The Morgan fingerprint density at radius 1 is 0.929 bits per heavy atom. The molecule has 2 aromatic rings. The van der Waals surface area contributed by atoms with Gasteiger partial charge in [-0.2, -0.15) is 0 Å². The lowest BCUT2D eigenvalue weighted by molar-refractivity contribution is -0.117. The van der Waals surface area contributed by atoms with Crippen LogP contribution in [0.2, 0.25) is 5.02 Å². The molecular weight excluding hydrogens is 395 g/mol. The van der Waals surface area contributed by atoms with Crippen LogP contribution in [0.3, 0.4) is 0 Å². The van der Waals surface area contributed by atoms with Gasteiger partial charge in [0.2, 0.25) is 5.91 Å². The number of halogens is 4. The average Bonchev–Trinajstić information content (AvgIpc) is 2.66. The highest BCUT2D eigenvalue weighted by molar-refractivity contribution is 6.31. The van der Waals surface area contributed by atoms with Crippen LogP contribution in [-0.4, -0.2) is 54.3 Å². The average molecular weight is 412 g/mol. The van der Waals surface area contributed by atoms with E-state index in [-0.39, 0.29) is 28.7 Å². The Morgan fingerprint density at radius 2 is 1.61 bits per heavy atom. The van der Waals surface area contributed by atoms with Crippen molar-refractivity contribution in [3.63, 3.8) is 0 Å². The number of hydrogen-bond acceptors (Lipinski definition) is 3. The Bertz CT molecular complexity index is 902. The Balaban J connectivity index is 1.52. The maximum absolute atomic E-state index is 13.9. The monoisotopic (exact) mass is 411 g/mol. The summed E-state index contributed by atoms with van der Waals surface area (Å²) in [6, 6.07) is 6.92. The summed E-state index contributed by atoms with van der Waals surface area (Å²) in [5.74, 6) is -3.51. The molecule has 9 heteroatoms. The molecule has 0 radical (unpaired) electrons. The molecule has 0 saturated carbocycles. The number of nitrogens with one attached hydrogen (secondary N) is 1. The van der Waals surface area contributed by atoms with Crippen molar-refractivity contribution >= 4 is 29.1 Å². The van der Waals surface area contributed by atoms with Gasteiger partial charge >= 0.3 is 0 Å². The smallest absolute Gasteiger partial charge is 0.256 e. The zero-order chi connectivity index (χ0) is 20.3. The maximum Gasteiger partial charge on any atom is 0.256 e. The second kappa shape index (κ2) is 8.62. The number of benzene rings is 2. The first-order valence-corrected chi connectivity index (χ1v) is 8.93. The van der Waals surface area contributed by atoms with E-state index < -0.39 is 23.4 Å². The van der Waals surface area contributed by atoms with Crippen LogP contribution >= 0.6 is 11.6 Å². The van der Waals surface area contributed by atoms with Gasteiger partial charge in [0.25, 0.3) is 5.91 Å². The van der Waals surface area contributed by atoms with E-state index in [9.17, 15) is 22.8 Å². The number of carbonyl (C=O) groups excluding carboxylic acids is 2. The lowest BCUT2D eigenvalue weighted by atomic mass is 10.1. The Kier molecular flexibility index (Phi) is 6.21. The Labute approximate surface area is 164 Å². The lowest BCUT2D eigenvalue weighted by Gasteiger charge is -2.34. The van der Waals surface area contributed by atoms with Crippen molar-refractivity contribution in [2.24, 2.45) is 0 Å². The molecule has 1 aliphatic rings. The molecule has 2 amide bonds.